The van der Waals surface area contributed by atoms with Crippen molar-refractivity contribution in [3.63, 3.8) is 0 Å². The van der Waals surface area contributed by atoms with Gasteiger partial charge in [-0.2, -0.15) is 0 Å². The lowest BCUT2D eigenvalue weighted by Gasteiger charge is -2.46. The van der Waals surface area contributed by atoms with Crippen LogP contribution in [-0.2, 0) is 66.7 Å². The lowest BCUT2D eigenvalue weighted by molar-refractivity contribution is -0.297. The molecule has 16 nitrogen and oxygen atoms in total. The first kappa shape index (κ1) is 40.1. The van der Waals surface area contributed by atoms with Gasteiger partial charge in [0.25, 0.3) is 35.0 Å². The standard InChI is InChI=1S/C42H44O16/c1-25(9-13-27-31(43)51-39(52-32(27)44)17-5-3-6-18-39)11-15-29-35(47)55-41(56-36(29)48)21-23-42(24-22-41)57-37(49)30(38(50)58-42)16-12-26(2)10-14-28-33(45)53-40(54-34(28)46)19-7-4-8-20-40/h9-16,43,49H,3-8,17-24H2,1-2H3/b13-9+,16-12+,25-11+,26-10+,29-15?. The molecule has 2 N–H and O–H groups in total. The number of ether oxygens (including phenoxy) is 8. The molecule has 0 aromatic heterocycles. The fraction of sp³-hybridized carbons (Fsp3) is 0.476. The highest BCUT2D eigenvalue weighted by Gasteiger charge is 2.56. The van der Waals surface area contributed by atoms with Gasteiger partial charge >= 0.3 is 35.8 Å². The number of esters is 6. The van der Waals surface area contributed by atoms with E-state index in [9.17, 15) is 39.0 Å². The van der Waals surface area contributed by atoms with Gasteiger partial charge < -0.3 is 48.1 Å². The van der Waals surface area contributed by atoms with Gasteiger partial charge in [-0.15, -0.1) is 0 Å². The Bertz CT molecular complexity index is 2000. The van der Waals surface area contributed by atoms with E-state index in [4.69, 9.17) is 37.9 Å². The van der Waals surface area contributed by atoms with Crippen molar-refractivity contribution in [2.24, 2.45) is 0 Å². The highest BCUT2D eigenvalue weighted by atomic mass is 16.8. The summed E-state index contributed by atoms with van der Waals surface area (Å²) in [6, 6.07) is 0. The smallest absolute Gasteiger partial charge is 0.348 e. The van der Waals surface area contributed by atoms with Crippen LogP contribution in [-0.4, -0.2) is 69.2 Å². The van der Waals surface area contributed by atoms with Gasteiger partial charge in [-0.1, -0.05) is 48.3 Å². The van der Waals surface area contributed by atoms with Crippen LogP contribution in [0.25, 0.3) is 0 Å². The van der Waals surface area contributed by atoms with Crippen LogP contribution in [0.1, 0.15) is 104 Å². The third-order valence-electron chi connectivity index (χ3n) is 11.1. The minimum absolute atomic E-state index is 0.0981. The molecule has 3 aliphatic carbocycles. The zero-order chi connectivity index (χ0) is 41.3. The maximum Gasteiger partial charge on any atom is 0.348 e. The summed E-state index contributed by atoms with van der Waals surface area (Å²) in [4.78, 5) is 76.9. The van der Waals surface area contributed by atoms with E-state index < -0.39 is 70.9 Å². The van der Waals surface area contributed by atoms with Crippen molar-refractivity contribution in [3.8, 4) is 0 Å². The van der Waals surface area contributed by atoms with Crippen molar-refractivity contribution in [2.45, 2.75) is 127 Å². The first-order valence-electron chi connectivity index (χ1n) is 19.4. The van der Waals surface area contributed by atoms with E-state index in [1.54, 1.807) is 13.8 Å². The molecule has 58 heavy (non-hydrogen) atoms. The van der Waals surface area contributed by atoms with Crippen molar-refractivity contribution in [2.75, 3.05) is 0 Å². The third kappa shape index (κ3) is 8.31. The molecule has 7 aliphatic rings. The summed E-state index contributed by atoms with van der Waals surface area (Å²) in [5.74, 6) is -11.9. The van der Waals surface area contributed by atoms with Gasteiger partial charge in [0.2, 0.25) is 0 Å². The van der Waals surface area contributed by atoms with E-state index in [0.29, 0.717) is 36.8 Å². The molecular formula is C42H44O16. The van der Waals surface area contributed by atoms with Gasteiger partial charge in [0.15, 0.2) is 0 Å². The monoisotopic (exact) mass is 804 g/mol. The maximum atomic E-state index is 13.0. The molecule has 16 heteroatoms. The van der Waals surface area contributed by atoms with E-state index in [-0.39, 0.29) is 48.0 Å². The number of carbonyl (C=O) groups is 6. The van der Waals surface area contributed by atoms with Gasteiger partial charge in [-0.05, 0) is 63.8 Å². The van der Waals surface area contributed by atoms with Crippen LogP contribution in [0.4, 0.5) is 0 Å². The fourth-order valence-electron chi connectivity index (χ4n) is 7.76. The van der Waals surface area contributed by atoms with Crippen LogP contribution < -0.4 is 0 Å². The highest BCUT2D eigenvalue weighted by Crippen LogP contribution is 2.46. The Kier molecular flexibility index (Phi) is 10.9. The molecule has 0 bridgehead atoms. The summed E-state index contributed by atoms with van der Waals surface area (Å²) in [7, 11) is 0. The second-order valence-corrected chi connectivity index (χ2v) is 15.4. The molecule has 7 rings (SSSR count). The fourth-order valence-corrected chi connectivity index (χ4v) is 7.76. The summed E-state index contributed by atoms with van der Waals surface area (Å²) in [6.45, 7) is 3.27. The number of aliphatic hydroxyl groups excluding tert-OH is 2. The number of rotatable bonds is 6. The number of allylic oxidation sites excluding steroid dienone is 8. The van der Waals surface area contributed by atoms with Crippen LogP contribution in [0, 0.1) is 0 Å². The Labute approximate surface area is 333 Å². The molecule has 4 aliphatic heterocycles. The van der Waals surface area contributed by atoms with Gasteiger partial charge in [-0.3, -0.25) is 0 Å². The van der Waals surface area contributed by atoms with E-state index in [1.807, 2.05) is 0 Å². The first-order valence-corrected chi connectivity index (χ1v) is 19.4. The second kappa shape index (κ2) is 15.7. The number of hydrogen-bond donors (Lipinski definition) is 2. The molecule has 4 heterocycles. The largest absolute Gasteiger partial charge is 0.480 e. The molecule has 308 valence electrons. The summed E-state index contributed by atoms with van der Waals surface area (Å²) in [5.41, 5.74) is -0.136. The van der Waals surface area contributed by atoms with Crippen molar-refractivity contribution >= 4 is 35.8 Å². The molecular weight excluding hydrogens is 760 g/mol. The van der Waals surface area contributed by atoms with Crippen molar-refractivity contribution < 1.29 is 76.9 Å². The Balaban J connectivity index is 0.934. The number of aliphatic hydroxyl groups is 2. The Morgan fingerprint density at radius 1 is 0.431 bits per heavy atom. The molecule has 4 spiro atoms. The van der Waals surface area contributed by atoms with Gasteiger partial charge in [0.05, 0.1) is 0 Å². The molecule has 0 atom stereocenters. The van der Waals surface area contributed by atoms with Crippen LogP contribution in [0.5, 0.6) is 0 Å². The number of carbonyl (C=O) groups excluding carboxylic acids is 6. The summed E-state index contributed by atoms with van der Waals surface area (Å²) < 4.78 is 44.5. The minimum Gasteiger partial charge on any atom is -0.480 e. The van der Waals surface area contributed by atoms with E-state index in [0.717, 1.165) is 38.5 Å². The Hall–Kier alpha value is -6.06. The normalized spacial score (nSPS) is 27.3. The van der Waals surface area contributed by atoms with Crippen LogP contribution in [0.2, 0.25) is 0 Å². The van der Waals surface area contributed by atoms with Crippen molar-refractivity contribution in [1.82, 2.24) is 0 Å². The Morgan fingerprint density at radius 2 is 0.724 bits per heavy atom. The third-order valence-corrected chi connectivity index (χ3v) is 11.1. The van der Waals surface area contributed by atoms with E-state index in [2.05, 4.69) is 0 Å². The molecule has 2 saturated heterocycles. The molecule has 0 aromatic carbocycles. The molecule has 3 saturated carbocycles. The SMILES string of the molecule is CC(/C=C/C1=C(O)OC2(CCCCC2)OC1=O)=C\C=C1C(=O)OC2(CCC3(CC2)OC(=O)C(/C=C/C(C)=C/C=C2C(=O)OC4(CCCCC4)OC2=O)=C(O)O3)OC1=O. The number of hydrogen-bond acceptors (Lipinski definition) is 16. The van der Waals surface area contributed by atoms with Crippen LogP contribution in [0.3, 0.4) is 0 Å². The van der Waals surface area contributed by atoms with Crippen LogP contribution in [0.15, 0.2) is 93.9 Å². The summed E-state index contributed by atoms with van der Waals surface area (Å²) >= 11 is 0. The maximum absolute atomic E-state index is 13.0. The highest BCUT2D eigenvalue weighted by molar-refractivity contribution is 6.16. The first-order chi connectivity index (χ1) is 27.6. The zero-order valence-electron chi connectivity index (χ0n) is 32.1. The minimum atomic E-state index is -1.66. The van der Waals surface area contributed by atoms with Gasteiger partial charge in [0.1, 0.15) is 22.3 Å². The van der Waals surface area contributed by atoms with Crippen molar-refractivity contribution in [1.29, 1.82) is 0 Å². The Morgan fingerprint density at radius 3 is 1.07 bits per heavy atom. The molecule has 0 aromatic rings. The summed E-state index contributed by atoms with van der Waals surface area (Å²) in [5, 5.41) is 21.1. The molecule has 0 radical (unpaired) electrons. The van der Waals surface area contributed by atoms with Gasteiger partial charge in [0, 0.05) is 51.4 Å². The van der Waals surface area contributed by atoms with Crippen LogP contribution >= 0.6 is 0 Å². The molecule has 0 unspecified atom stereocenters. The molecule has 5 fully saturated rings. The lowest BCUT2D eigenvalue weighted by Crippen LogP contribution is -2.54. The lowest BCUT2D eigenvalue weighted by atomic mass is 9.87. The van der Waals surface area contributed by atoms with E-state index >= 15 is 0 Å². The quantitative estimate of drug-likeness (QED) is 0.103. The average molecular weight is 805 g/mol. The van der Waals surface area contributed by atoms with E-state index in [1.165, 1.54) is 48.6 Å². The summed E-state index contributed by atoms with van der Waals surface area (Å²) in [6.07, 6.45) is 17.5. The topological polar surface area (TPSA) is 217 Å². The average Bonchev–Trinajstić information content (AvgIpc) is 3.15. The predicted molar refractivity (Wildman–Crippen MR) is 196 cm³/mol. The predicted octanol–water partition coefficient (Wildman–Crippen LogP) is 6.02. The van der Waals surface area contributed by atoms with Crippen molar-refractivity contribution in [3.05, 3.63) is 93.9 Å². The molecule has 0 amide bonds. The second-order valence-electron chi connectivity index (χ2n) is 15.4. The zero-order valence-corrected chi connectivity index (χ0v) is 32.1. The van der Waals surface area contributed by atoms with Gasteiger partial charge in [-0.25, -0.2) is 28.8 Å².